The summed E-state index contributed by atoms with van der Waals surface area (Å²) in [5.41, 5.74) is 8.87. The fourth-order valence-electron chi connectivity index (χ4n) is 0.0651. The molecule has 0 rings (SSSR count). The summed E-state index contributed by atoms with van der Waals surface area (Å²) in [7, 11) is 0. The Labute approximate surface area is 38.3 Å². The van der Waals surface area contributed by atoms with Crippen LogP contribution in [-0.4, -0.2) is 11.2 Å². The quantitative estimate of drug-likeness (QED) is 0.207. The highest BCUT2D eigenvalue weighted by atomic mass is 16.4. The third-order valence-corrected chi connectivity index (χ3v) is 0.190. The van der Waals surface area contributed by atoms with E-state index in [4.69, 9.17) is 10.6 Å². The Morgan fingerprint density at radius 1 is 1.86 bits per heavy atom. The number of carboxylic acid groups (broad SMARTS) is 1. The van der Waals surface area contributed by atoms with Crippen molar-refractivity contribution in [2.75, 3.05) is 0 Å². The molecule has 0 bridgehead atoms. The molecule has 0 aliphatic carbocycles. The summed E-state index contributed by atoms with van der Waals surface area (Å²) in [6, 6.07) is 0. The Kier molecular flexibility index (Phi) is 2.23. The van der Waals surface area contributed by atoms with Gasteiger partial charge in [-0.05, 0) is 0 Å². The SMILES string of the molecule is [N-]=[N+]=[N+]NC(=O)O. The molecule has 0 heterocycles. The van der Waals surface area contributed by atoms with E-state index in [1.54, 1.807) is 0 Å². The standard InChI is InChI=1S/CH2N4O2/c2-4-5-3-1(6)7/h3H,(H,6,7)/q+1. The van der Waals surface area contributed by atoms with Crippen LogP contribution in [0, 0.1) is 0 Å². The van der Waals surface area contributed by atoms with Gasteiger partial charge in [-0.25, -0.2) is 0 Å². The molecule has 37 valence electrons. The van der Waals surface area contributed by atoms with Crippen molar-refractivity contribution in [3.63, 3.8) is 0 Å². The minimum absolute atomic E-state index is 1.36. The van der Waals surface area contributed by atoms with Gasteiger partial charge in [0, 0.05) is 0 Å². The highest BCUT2D eigenvalue weighted by Crippen LogP contribution is 1.49. The van der Waals surface area contributed by atoms with Crippen molar-refractivity contribution in [3.8, 4) is 0 Å². The van der Waals surface area contributed by atoms with Gasteiger partial charge < -0.3 is 5.11 Å². The molecule has 0 unspecified atom stereocenters. The molecule has 0 aliphatic rings. The van der Waals surface area contributed by atoms with Crippen molar-refractivity contribution >= 4 is 6.09 Å². The molecular formula is CH2N4O2+. The summed E-state index contributed by atoms with van der Waals surface area (Å²) in [6.45, 7) is 0. The van der Waals surface area contributed by atoms with Gasteiger partial charge in [0.15, 0.2) is 0 Å². The average Bonchev–Trinajstić information content (AvgIpc) is 1.61. The van der Waals surface area contributed by atoms with Crippen molar-refractivity contribution in [2.45, 2.75) is 0 Å². The zero-order valence-electron chi connectivity index (χ0n) is 3.20. The lowest BCUT2D eigenvalue weighted by Gasteiger charge is -1.67. The van der Waals surface area contributed by atoms with Gasteiger partial charge in [-0.15, -0.1) is 0 Å². The molecule has 0 aliphatic heterocycles. The lowest BCUT2D eigenvalue weighted by atomic mass is 11.3. The van der Waals surface area contributed by atoms with Crippen LogP contribution in [0.1, 0.15) is 0 Å². The molecule has 0 saturated carbocycles. The van der Waals surface area contributed by atoms with Crippen LogP contribution in [0.3, 0.4) is 0 Å². The van der Waals surface area contributed by atoms with Crippen molar-refractivity contribution in [1.82, 2.24) is 10.6 Å². The molecule has 0 atom stereocenters. The first-order valence-electron chi connectivity index (χ1n) is 1.30. The summed E-state index contributed by atoms with van der Waals surface area (Å²) < 4.78 is 0. The Morgan fingerprint density at radius 3 is 2.57 bits per heavy atom. The van der Waals surface area contributed by atoms with E-state index in [1.807, 2.05) is 0 Å². The Hall–Kier alpha value is -1.42. The second kappa shape index (κ2) is 2.80. The second-order valence-electron chi connectivity index (χ2n) is 0.606. The molecule has 0 aromatic rings. The molecule has 0 aromatic carbocycles. The lowest BCUT2D eigenvalue weighted by Crippen LogP contribution is -2.20. The topological polar surface area (TPSA) is 99.8 Å². The zero-order chi connectivity index (χ0) is 5.70. The first-order valence-corrected chi connectivity index (χ1v) is 1.30. The summed E-state index contributed by atoms with van der Waals surface area (Å²) in [5, 5.41) is 10.2. The Balaban J connectivity index is 3.32. The molecule has 1 radical (unpaired) electrons. The van der Waals surface area contributed by atoms with Crippen LogP contribution in [0.2, 0.25) is 0 Å². The smallest absolute Gasteiger partial charge is 0.445 e. The van der Waals surface area contributed by atoms with Gasteiger partial charge in [0.2, 0.25) is 10.8 Å². The summed E-state index contributed by atoms with van der Waals surface area (Å²) in [6.07, 6.45) is -1.36. The largest absolute Gasteiger partial charge is 0.523 e. The van der Waals surface area contributed by atoms with Gasteiger partial charge in [-0.3, -0.25) is 0 Å². The predicted molar refractivity (Wildman–Crippen MR) is 20.0 cm³/mol. The number of nitrogens with one attached hydrogen (secondary N) is 1. The van der Waals surface area contributed by atoms with Gasteiger partial charge in [0.25, 0.3) is 0 Å². The van der Waals surface area contributed by atoms with Crippen LogP contribution in [-0.2, 0) is 0 Å². The van der Waals surface area contributed by atoms with Crippen molar-refractivity contribution in [2.24, 2.45) is 0 Å². The maximum absolute atomic E-state index is 9.38. The highest BCUT2D eigenvalue weighted by molar-refractivity contribution is 5.63. The molecule has 0 aromatic heterocycles. The first kappa shape index (κ1) is 5.58. The zero-order valence-corrected chi connectivity index (χ0v) is 3.20. The molecule has 0 fully saturated rings. The Bertz CT molecular complexity index is 113. The van der Waals surface area contributed by atoms with Crippen LogP contribution < -0.4 is 10.6 Å². The van der Waals surface area contributed by atoms with Crippen LogP contribution in [0.15, 0.2) is 0 Å². The minimum atomic E-state index is -1.36. The average molecular weight is 102 g/mol. The van der Waals surface area contributed by atoms with E-state index in [1.165, 1.54) is 5.43 Å². The molecule has 1 amide bonds. The van der Waals surface area contributed by atoms with Crippen LogP contribution >= 0.6 is 0 Å². The normalized spacial score (nSPS) is 6.29. The van der Waals surface area contributed by atoms with E-state index in [2.05, 4.69) is 10.1 Å². The highest BCUT2D eigenvalue weighted by Gasteiger charge is 1.95. The molecular weight excluding hydrogens is 100 g/mol. The Morgan fingerprint density at radius 2 is 2.43 bits per heavy atom. The summed E-state index contributed by atoms with van der Waals surface area (Å²) >= 11 is 0. The van der Waals surface area contributed by atoms with Gasteiger partial charge in [-0.1, -0.05) is 5.43 Å². The summed E-state index contributed by atoms with van der Waals surface area (Å²) in [5.74, 6) is 0. The van der Waals surface area contributed by atoms with Gasteiger partial charge in [0.05, 0.1) is 4.91 Å². The fraction of sp³-hybridized carbons (Fsp3) is 0. The fourth-order valence-corrected chi connectivity index (χ4v) is 0.0651. The van der Waals surface area contributed by atoms with E-state index in [9.17, 15) is 4.79 Å². The predicted octanol–water partition coefficient (Wildman–Crippen LogP) is -0.185. The third-order valence-electron chi connectivity index (χ3n) is 0.190. The maximum atomic E-state index is 9.38. The number of hydrogen-bond acceptors (Lipinski definition) is 2. The van der Waals surface area contributed by atoms with Crippen molar-refractivity contribution in [3.05, 3.63) is 10.4 Å². The van der Waals surface area contributed by atoms with Gasteiger partial charge >= 0.3 is 6.09 Å². The van der Waals surface area contributed by atoms with Gasteiger partial charge in [-0.2, -0.15) is 4.79 Å². The van der Waals surface area contributed by atoms with E-state index >= 15 is 0 Å². The monoisotopic (exact) mass is 102 g/mol. The number of amides is 1. The molecule has 0 spiro atoms. The van der Waals surface area contributed by atoms with Crippen LogP contribution in [0.4, 0.5) is 4.79 Å². The van der Waals surface area contributed by atoms with Crippen molar-refractivity contribution < 1.29 is 9.90 Å². The minimum Gasteiger partial charge on any atom is -0.445 e. The van der Waals surface area contributed by atoms with Crippen LogP contribution in [0.25, 0.3) is 10.4 Å². The number of rotatable bonds is 1. The first-order chi connectivity index (χ1) is 3.27. The van der Waals surface area contributed by atoms with E-state index in [-0.39, 0.29) is 0 Å². The van der Waals surface area contributed by atoms with E-state index < -0.39 is 6.09 Å². The van der Waals surface area contributed by atoms with Crippen LogP contribution in [0.5, 0.6) is 0 Å². The number of carbonyl (C=O) groups is 1. The lowest BCUT2D eigenvalue weighted by molar-refractivity contribution is 0.192. The third kappa shape index (κ3) is 4.58. The molecule has 2 N–H and O–H groups in total. The molecule has 6 nitrogen and oxygen atoms in total. The van der Waals surface area contributed by atoms with E-state index in [0.717, 1.165) is 0 Å². The molecule has 0 saturated heterocycles. The maximum Gasteiger partial charge on any atom is 0.523 e. The second-order valence-corrected chi connectivity index (χ2v) is 0.606. The number of azide groups is 1. The summed E-state index contributed by atoms with van der Waals surface area (Å²) in [4.78, 5) is 11.5. The number of nitrogens with zero attached hydrogens (tertiary/aromatic N) is 3. The molecule has 7 heavy (non-hydrogen) atoms. The molecule has 6 heteroatoms. The van der Waals surface area contributed by atoms with E-state index in [0.29, 0.717) is 0 Å². The number of hydrogen-bond donors (Lipinski definition) is 2. The van der Waals surface area contributed by atoms with Crippen molar-refractivity contribution in [1.29, 1.82) is 0 Å². The van der Waals surface area contributed by atoms with Gasteiger partial charge in [0.1, 0.15) is 0 Å².